The Morgan fingerprint density at radius 1 is 1.21 bits per heavy atom. The van der Waals surface area contributed by atoms with Gasteiger partial charge in [-0.3, -0.25) is 4.79 Å². The van der Waals surface area contributed by atoms with E-state index in [1.807, 2.05) is 12.1 Å². The van der Waals surface area contributed by atoms with Crippen LogP contribution in [0.1, 0.15) is 10.4 Å². The van der Waals surface area contributed by atoms with Crippen molar-refractivity contribution >= 4 is 62.3 Å². The maximum Gasteiger partial charge on any atom is 0.279 e. The molecule has 0 unspecified atom stereocenters. The molecule has 0 atom stereocenters. The van der Waals surface area contributed by atoms with Gasteiger partial charge in [-0.05, 0) is 30.3 Å². The van der Waals surface area contributed by atoms with Gasteiger partial charge in [-0.2, -0.15) is 4.99 Å². The third kappa shape index (κ3) is 3.35. The maximum absolute atomic E-state index is 12.5. The van der Waals surface area contributed by atoms with Crippen LogP contribution in [0.25, 0.3) is 10.2 Å². The van der Waals surface area contributed by atoms with Gasteiger partial charge in [0.15, 0.2) is 4.80 Å². The van der Waals surface area contributed by atoms with Gasteiger partial charge in [0.25, 0.3) is 5.91 Å². The van der Waals surface area contributed by atoms with E-state index < -0.39 is 5.91 Å². The Hall–Kier alpha value is -1.77. The molecule has 0 radical (unpaired) electrons. The molecule has 1 heterocycles. The number of carbonyl (C=O) groups excluding carboxylic acids is 1. The molecule has 0 saturated carbocycles. The quantitative estimate of drug-likeness (QED) is 0.560. The molecule has 1 amide bonds. The number of para-hydroxylation sites is 1. The summed E-state index contributed by atoms with van der Waals surface area (Å²) in [7, 11) is 0. The molecule has 0 fully saturated rings. The highest BCUT2D eigenvalue weighted by molar-refractivity contribution is 7.16. The number of halogens is 3. The van der Waals surface area contributed by atoms with E-state index in [1.54, 1.807) is 16.7 Å². The number of fused-ring (bicyclic) bond motifs is 1. The molecule has 0 spiro atoms. The molecule has 0 saturated heterocycles. The number of amides is 1. The summed E-state index contributed by atoms with van der Waals surface area (Å²) in [5, 5.41) is 1.30. The molecule has 7 heteroatoms. The number of hydrogen-bond donors (Lipinski definition) is 0. The van der Waals surface area contributed by atoms with Gasteiger partial charge in [-0.15, -0.1) is 6.42 Å². The molecule has 3 rings (SSSR count). The standard InChI is InChI=1S/C17H9Cl3N2OS/c1-2-6-22-15-13(20)4-3-5-14(15)24-17(22)21-16(23)10-7-11(18)9-12(19)8-10/h1,3-5,7-9H,6H2. The molecule has 3 aromatic rings. The first-order valence-corrected chi connectivity index (χ1v) is 8.71. The van der Waals surface area contributed by atoms with Crippen LogP contribution in [-0.2, 0) is 6.54 Å². The highest BCUT2D eigenvalue weighted by Gasteiger charge is 2.12. The molecule has 0 N–H and O–H groups in total. The number of hydrogen-bond acceptors (Lipinski definition) is 2. The second-order valence-corrected chi connectivity index (χ2v) is 7.13. The van der Waals surface area contributed by atoms with Crippen LogP contribution < -0.4 is 4.80 Å². The van der Waals surface area contributed by atoms with Gasteiger partial charge in [-0.25, -0.2) is 0 Å². The van der Waals surface area contributed by atoms with Crippen LogP contribution in [0.3, 0.4) is 0 Å². The number of rotatable bonds is 2. The summed E-state index contributed by atoms with van der Waals surface area (Å²) in [5.74, 6) is 2.11. The maximum atomic E-state index is 12.5. The third-order valence-electron chi connectivity index (χ3n) is 3.21. The third-order valence-corrected chi connectivity index (χ3v) is 4.99. The van der Waals surface area contributed by atoms with Gasteiger partial charge >= 0.3 is 0 Å². The van der Waals surface area contributed by atoms with Crippen molar-refractivity contribution in [1.82, 2.24) is 4.57 Å². The Labute approximate surface area is 157 Å². The highest BCUT2D eigenvalue weighted by Crippen LogP contribution is 2.25. The zero-order chi connectivity index (χ0) is 17.3. The first-order valence-electron chi connectivity index (χ1n) is 6.76. The number of nitrogens with zero attached hydrogens (tertiary/aromatic N) is 2. The van der Waals surface area contributed by atoms with E-state index >= 15 is 0 Å². The van der Waals surface area contributed by atoms with Crippen LogP contribution in [0.2, 0.25) is 15.1 Å². The van der Waals surface area contributed by atoms with Crippen molar-refractivity contribution in [2.75, 3.05) is 0 Å². The van der Waals surface area contributed by atoms with Crippen molar-refractivity contribution in [2.24, 2.45) is 4.99 Å². The molecular formula is C17H9Cl3N2OS. The molecule has 2 aromatic carbocycles. The number of benzene rings is 2. The van der Waals surface area contributed by atoms with Crippen molar-refractivity contribution in [1.29, 1.82) is 0 Å². The van der Waals surface area contributed by atoms with E-state index in [0.29, 0.717) is 25.4 Å². The molecule has 0 aliphatic rings. The summed E-state index contributed by atoms with van der Waals surface area (Å²) in [6, 6.07) is 10.1. The minimum atomic E-state index is -0.451. The Morgan fingerprint density at radius 3 is 2.58 bits per heavy atom. The number of terminal acetylenes is 1. The zero-order valence-electron chi connectivity index (χ0n) is 12.1. The zero-order valence-corrected chi connectivity index (χ0v) is 15.2. The molecule has 1 aromatic heterocycles. The van der Waals surface area contributed by atoms with Gasteiger partial charge in [0.05, 0.1) is 21.8 Å². The van der Waals surface area contributed by atoms with Crippen molar-refractivity contribution in [2.45, 2.75) is 6.54 Å². The van der Waals surface area contributed by atoms with Crippen molar-refractivity contribution < 1.29 is 4.79 Å². The molecular weight excluding hydrogens is 387 g/mol. The van der Waals surface area contributed by atoms with E-state index in [1.165, 1.54) is 23.5 Å². The van der Waals surface area contributed by atoms with Crippen molar-refractivity contribution in [3.8, 4) is 12.3 Å². The lowest BCUT2D eigenvalue weighted by Gasteiger charge is -2.02. The monoisotopic (exact) mass is 394 g/mol. The second-order valence-electron chi connectivity index (χ2n) is 4.84. The highest BCUT2D eigenvalue weighted by atomic mass is 35.5. The predicted octanol–water partition coefficient (Wildman–Crippen LogP) is 5.04. The second kappa shape index (κ2) is 7.00. The first-order chi connectivity index (χ1) is 11.5. The first kappa shape index (κ1) is 17.1. The number of aromatic nitrogens is 1. The van der Waals surface area contributed by atoms with Gasteiger partial charge in [-0.1, -0.05) is 58.1 Å². The van der Waals surface area contributed by atoms with Crippen LogP contribution in [0.5, 0.6) is 0 Å². The lowest BCUT2D eigenvalue weighted by atomic mass is 10.2. The minimum Gasteiger partial charge on any atom is -0.303 e. The normalized spacial score (nSPS) is 11.7. The fourth-order valence-electron chi connectivity index (χ4n) is 2.24. The molecule has 0 aliphatic carbocycles. The van der Waals surface area contributed by atoms with Gasteiger partial charge in [0, 0.05) is 15.6 Å². The molecule has 120 valence electrons. The van der Waals surface area contributed by atoms with E-state index in [2.05, 4.69) is 10.9 Å². The average Bonchev–Trinajstić information content (AvgIpc) is 2.85. The summed E-state index contributed by atoms with van der Waals surface area (Å²) < 4.78 is 2.64. The van der Waals surface area contributed by atoms with Gasteiger partial charge in [0.1, 0.15) is 0 Å². The largest absolute Gasteiger partial charge is 0.303 e. The van der Waals surface area contributed by atoms with Gasteiger partial charge in [0.2, 0.25) is 0 Å². The van der Waals surface area contributed by atoms with Crippen LogP contribution in [0, 0.1) is 12.3 Å². The summed E-state index contributed by atoms with van der Waals surface area (Å²) in [5.41, 5.74) is 1.07. The Morgan fingerprint density at radius 2 is 1.92 bits per heavy atom. The van der Waals surface area contributed by atoms with Crippen molar-refractivity contribution in [3.63, 3.8) is 0 Å². The Balaban J connectivity index is 2.19. The SMILES string of the molecule is C#CCn1c(=NC(=O)c2cc(Cl)cc(Cl)c2)sc2cccc(Cl)c21. The van der Waals surface area contributed by atoms with Crippen LogP contribution >= 0.6 is 46.1 Å². The Kier molecular flexibility index (Phi) is 4.98. The summed E-state index contributed by atoms with van der Waals surface area (Å²) in [6.45, 7) is 0.256. The Bertz CT molecular complexity index is 1040. The molecule has 24 heavy (non-hydrogen) atoms. The molecule has 0 aliphatic heterocycles. The van der Waals surface area contributed by atoms with Crippen LogP contribution in [0.4, 0.5) is 0 Å². The summed E-state index contributed by atoms with van der Waals surface area (Å²) >= 11 is 19.5. The van der Waals surface area contributed by atoms with E-state index in [0.717, 1.165) is 10.2 Å². The average molecular weight is 396 g/mol. The lowest BCUT2D eigenvalue weighted by Crippen LogP contribution is -2.16. The predicted molar refractivity (Wildman–Crippen MR) is 100 cm³/mol. The van der Waals surface area contributed by atoms with Crippen LogP contribution in [-0.4, -0.2) is 10.5 Å². The smallest absolute Gasteiger partial charge is 0.279 e. The summed E-state index contributed by atoms with van der Waals surface area (Å²) in [4.78, 5) is 17.1. The van der Waals surface area contributed by atoms with Gasteiger partial charge < -0.3 is 4.57 Å². The van der Waals surface area contributed by atoms with Crippen LogP contribution in [0.15, 0.2) is 41.4 Å². The topological polar surface area (TPSA) is 34.4 Å². The van der Waals surface area contributed by atoms with Crippen molar-refractivity contribution in [3.05, 3.63) is 61.8 Å². The molecule has 3 nitrogen and oxygen atoms in total. The minimum absolute atomic E-state index is 0.256. The number of carbonyl (C=O) groups is 1. The fourth-order valence-corrected chi connectivity index (χ4v) is 4.15. The van der Waals surface area contributed by atoms with E-state index in [-0.39, 0.29) is 6.54 Å². The summed E-state index contributed by atoms with van der Waals surface area (Å²) in [6.07, 6.45) is 5.44. The lowest BCUT2D eigenvalue weighted by molar-refractivity contribution is 0.0998. The van der Waals surface area contributed by atoms with E-state index in [9.17, 15) is 4.79 Å². The van der Waals surface area contributed by atoms with E-state index in [4.69, 9.17) is 41.2 Å². The number of thiazole rings is 1. The molecule has 0 bridgehead atoms. The fraction of sp³-hybridized carbons (Fsp3) is 0.0588.